The Balaban J connectivity index is 1.89. The van der Waals surface area contributed by atoms with E-state index in [1.807, 2.05) is 6.92 Å². The van der Waals surface area contributed by atoms with Gasteiger partial charge in [-0.15, -0.1) is 11.3 Å². The van der Waals surface area contributed by atoms with Crippen LogP contribution in [-0.4, -0.2) is 15.4 Å². The van der Waals surface area contributed by atoms with Crippen LogP contribution in [0, 0.1) is 0 Å². The first kappa shape index (κ1) is 14.3. The number of fused-ring (bicyclic) bond motifs is 3. The van der Waals surface area contributed by atoms with E-state index in [-0.39, 0.29) is 18.1 Å². The third kappa shape index (κ3) is 2.85. The molecule has 6 heteroatoms. The van der Waals surface area contributed by atoms with Crippen molar-refractivity contribution >= 4 is 22.3 Å². The van der Waals surface area contributed by atoms with Gasteiger partial charge in [0, 0.05) is 23.1 Å². The number of thiazole rings is 1. The molecule has 0 saturated carbocycles. The van der Waals surface area contributed by atoms with Gasteiger partial charge >= 0.3 is 5.97 Å². The van der Waals surface area contributed by atoms with Gasteiger partial charge in [-0.3, -0.25) is 14.0 Å². The highest BCUT2D eigenvalue weighted by Crippen LogP contribution is 2.28. The molecule has 1 aliphatic rings. The van der Waals surface area contributed by atoms with Crippen LogP contribution in [0.3, 0.4) is 0 Å². The average Bonchev–Trinajstić information content (AvgIpc) is 2.84. The molecule has 0 spiro atoms. The Labute approximate surface area is 126 Å². The van der Waals surface area contributed by atoms with Crippen molar-refractivity contribution in [1.82, 2.24) is 9.38 Å². The van der Waals surface area contributed by atoms with Crippen LogP contribution in [-0.2, 0) is 29.0 Å². The molecule has 3 rings (SSSR count). The van der Waals surface area contributed by atoms with Gasteiger partial charge in [0.1, 0.15) is 6.61 Å². The second-order valence-electron chi connectivity index (χ2n) is 5.29. The van der Waals surface area contributed by atoms with Crippen molar-refractivity contribution in [3.63, 3.8) is 0 Å². The Kier molecular flexibility index (Phi) is 4.05. The minimum atomic E-state index is -0.245. The van der Waals surface area contributed by atoms with E-state index in [9.17, 15) is 9.59 Å². The zero-order chi connectivity index (χ0) is 14.8. The number of aryl methyl sites for hydroxylation is 2. The highest BCUT2D eigenvalue weighted by atomic mass is 32.1. The van der Waals surface area contributed by atoms with Crippen molar-refractivity contribution in [2.75, 3.05) is 0 Å². The molecule has 0 saturated heterocycles. The van der Waals surface area contributed by atoms with Crippen LogP contribution < -0.4 is 5.56 Å². The molecule has 2 aromatic heterocycles. The van der Waals surface area contributed by atoms with Crippen LogP contribution in [0.15, 0.2) is 10.9 Å². The van der Waals surface area contributed by atoms with Gasteiger partial charge in [-0.05, 0) is 32.1 Å². The number of rotatable bonds is 4. The van der Waals surface area contributed by atoms with E-state index in [4.69, 9.17) is 4.74 Å². The molecule has 0 aliphatic heterocycles. The molecule has 0 aromatic carbocycles. The summed E-state index contributed by atoms with van der Waals surface area (Å²) in [5.41, 5.74) is 1.58. The maximum absolute atomic E-state index is 12.3. The molecule has 0 N–H and O–H groups in total. The smallest absolute Gasteiger partial charge is 0.306 e. The minimum Gasteiger partial charge on any atom is -0.459 e. The Morgan fingerprint density at radius 3 is 3.05 bits per heavy atom. The first-order chi connectivity index (χ1) is 10.2. The summed E-state index contributed by atoms with van der Waals surface area (Å²) in [6.07, 6.45) is 5.43. The zero-order valence-corrected chi connectivity index (χ0v) is 12.9. The van der Waals surface area contributed by atoms with Crippen LogP contribution in [0.2, 0.25) is 0 Å². The predicted molar refractivity (Wildman–Crippen MR) is 80.7 cm³/mol. The summed E-state index contributed by atoms with van der Waals surface area (Å²) in [4.78, 5) is 30.2. The number of ether oxygens (including phenoxy) is 1. The number of nitrogens with zero attached hydrogens (tertiary/aromatic N) is 2. The molecule has 2 heterocycles. The van der Waals surface area contributed by atoms with E-state index in [2.05, 4.69) is 4.98 Å². The third-order valence-electron chi connectivity index (χ3n) is 3.65. The van der Waals surface area contributed by atoms with Crippen LogP contribution in [0.1, 0.15) is 48.9 Å². The first-order valence-corrected chi connectivity index (χ1v) is 8.19. The highest BCUT2D eigenvalue weighted by Gasteiger charge is 2.18. The summed E-state index contributed by atoms with van der Waals surface area (Å²) in [6, 6.07) is 1.48. The van der Waals surface area contributed by atoms with Crippen molar-refractivity contribution in [3.8, 4) is 0 Å². The lowest BCUT2D eigenvalue weighted by atomic mass is 10.0. The number of esters is 1. The maximum atomic E-state index is 12.3. The van der Waals surface area contributed by atoms with E-state index in [0.717, 1.165) is 36.3 Å². The van der Waals surface area contributed by atoms with E-state index in [1.165, 1.54) is 17.4 Å². The standard InChI is InChI=1S/C15H18N2O3S/c1-2-5-14(19)20-9-10-8-13(18)17-11-6-3-4-7-12(11)21-15(17)16-10/h8H,2-7,9H2,1H3. The van der Waals surface area contributed by atoms with Gasteiger partial charge in [-0.2, -0.15) is 0 Å². The van der Waals surface area contributed by atoms with Crippen molar-refractivity contribution in [3.05, 3.63) is 32.7 Å². The summed E-state index contributed by atoms with van der Waals surface area (Å²) in [5.74, 6) is -0.245. The van der Waals surface area contributed by atoms with Crippen LogP contribution >= 0.6 is 11.3 Å². The van der Waals surface area contributed by atoms with Crippen molar-refractivity contribution in [1.29, 1.82) is 0 Å². The number of carbonyl (C=O) groups excluding carboxylic acids is 1. The molecule has 112 valence electrons. The van der Waals surface area contributed by atoms with Gasteiger partial charge < -0.3 is 4.74 Å². The zero-order valence-electron chi connectivity index (χ0n) is 12.1. The maximum Gasteiger partial charge on any atom is 0.306 e. The Morgan fingerprint density at radius 1 is 1.43 bits per heavy atom. The number of carbonyl (C=O) groups is 1. The topological polar surface area (TPSA) is 60.7 Å². The van der Waals surface area contributed by atoms with Gasteiger partial charge in [0.25, 0.3) is 5.56 Å². The molecule has 21 heavy (non-hydrogen) atoms. The molecule has 0 radical (unpaired) electrons. The molecular formula is C15H18N2O3S. The molecule has 0 bridgehead atoms. The van der Waals surface area contributed by atoms with Gasteiger partial charge in [0.2, 0.25) is 0 Å². The Bertz CT molecular complexity index is 732. The van der Waals surface area contributed by atoms with Gasteiger partial charge in [-0.1, -0.05) is 6.92 Å². The molecule has 5 nitrogen and oxygen atoms in total. The molecule has 0 fully saturated rings. The second kappa shape index (κ2) is 5.97. The number of hydrogen-bond donors (Lipinski definition) is 0. The minimum absolute atomic E-state index is 0.0686. The van der Waals surface area contributed by atoms with Crippen LogP contribution in [0.5, 0.6) is 0 Å². The lowest BCUT2D eigenvalue weighted by molar-refractivity contribution is -0.145. The quantitative estimate of drug-likeness (QED) is 0.814. The summed E-state index contributed by atoms with van der Waals surface area (Å²) in [7, 11) is 0. The molecule has 0 amide bonds. The lowest BCUT2D eigenvalue weighted by Crippen LogP contribution is -2.18. The van der Waals surface area contributed by atoms with Crippen molar-refractivity contribution < 1.29 is 9.53 Å². The highest BCUT2D eigenvalue weighted by molar-refractivity contribution is 7.17. The fraction of sp³-hybridized carbons (Fsp3) is 0.533. The van der Waals surface area contributed by atoms with Crippen molar-refractivity contribution in [2.45, 2.75) is 52.1 Å². The van der Waals surface area contributed by atoms with Crippen LogP contribution in [0.25, 0.3) is 4.96 Å². The molecule has 2 aromatic rings. The summed E-state index contributed by atoms with van der Waals surface area (Å²) in [6.45, 7) is 2.00. The largest absolute Gasteiger partial charge is 0.459 e. The van der Waals surface area contributed by atoms with Crippen molar-refractivity contribution in [2.24, 2.45) is 0 Å². The van der Waals surface area contributed by atoms with E-state index in [1.54, 1.807) is 15.7 Å². The monoisotopic (exact) mass is 306 g/mol. The van der Waals surface area contributed by atoms with Gasteiger partial charge in [0.05, 0.1) is 5.69 Å². The first-order valence-electron chi connectivity index (χ1n) is 7.38. The SMILES string of the molecule is CCCC(=O)OCc1cc(=O)n2c3c(sc2n1)CCCC3. The molecule has 0 unspecified atom stereocenters. The van der Waals surface area contributed by atoms with Crippen LogP contribution in [0.4, 0.5) is 0 Å². The third-order valence-corrected chi connectivity index (χ3v) is 4.79. The Morgan fingerprint density at radius 2 is 2.24 bits per heavy atom. The van der Waals surface area contributed by atoms with E-state index in [0.29, 0.717) is 12.1 Å². The predicted octanol–water partition coefficient (Wildman–Crippen LogP) is 2.48. The summed E-state index contributed by atoms with van der Waals surface area (Å²) >= 11 is 1.58. The van der Waals surface area contributed by atoms with E-state index >= 15 is 0 Å². The lowest BCUT2D eigenvalue weighted by Gasteiger charge is -2.10. The number of hydrogen-bond acceptors (Lipinski definition) is 5. The fourth-order valence-corrected chi connectivity index (χ4v) is 3.88. The molecule has 1 aliphatic carbocycles. The normalized spacial score (nSPS) is 14.1. The second-order valence-corrected chi connectivity index (χ2v) is 6.36. The van der Waals surface area contributed by atoms with E-state index < -0.39 is 0 Å². The fourth-order valence-electron chi connectivity index (χ4n) is 2.65. The average molecular weight is 306 g/mol. The molecular weight excluding hydrogens is 288 g/mol. The summed E-state index contributed by atoms with van der Waals surface area (Å²) < 4.78 is 6.85. The molecule has 0 atom stereocenters. The Hall–Kier alpha value is -1.69. The number of aromatic nitrogens is 2. The van der Waals surface area contributed by atoms with Gasteiger partial charge in [-0.25, -0.2) is 4.98 Å². The van der Waals surface area contributed by atoms with Gasteiger partial charge in [0.15, 0.2) is 4.96 Å². The summed E-state index contributed by atoms with van der Waals surface area (Å²) in [5, 5.41) is 0.